The van der Waals surface area contributed by atoms with Crippen LogP contribution in [0.5, 0.6) is 0 Å². The summed E-state index contributed by atoms with van der Waals surface area (Å²) in [5.41, 5.74) is 0.302. The second-order valence-corrected chi connectivity index (χ2v) is 8.40. The molecule has 0 spiro atoms. The lowest BCUT2D eigenvalue weighted by atomic mass is 10.00. The molecule has 1 saturated carbocycles. The Balaban J connectivity index is 1.49. The van der Waals surface area contributed by atoms with Gasteiger partial charge in [-0.3, -0.25) is 9.79 Å². The van der Waals surface area contributed by atoms with Crippen molar-refractivity contribution in [3.8, 4) is 0 Å². The number of amidine groups is 1. The molecule has 10 nitrogen and oxygen atoms in total. The highest BCUT2D eigenvalue weighted by molar-refractivity contribution is 6.30. The third-order valence-corrected chi connectivity index (χ3v) is 5.97. The minimum absolute atomic E-state index is 0.0274. The average Bonchev–Trinajstić information content (AvgIpc) is 3.66. The van der Waals surface area contributed by atoms with Gasteiger partial charge in [0.15, 0.2) is 0 Å². The van der Waals surface area contributed by atoms with E-state index in [1.165, 1.54) is 29.8 Å². The van der Waals surface area contributed by atoms with E-state index in [1.807, 2.05) is 0 Å². The summed E-state index contributed by atoms with van der Waals surface area (Å²) < 4.78 is 15.3. The number of nitrogens with zero attached hydrogens (tertiary/aromatic N) is 9. The summed E-state index contributed by atoms with van der Waals surface area (Å²) in [6, 6.07) is -0.506. The zero-order chi connectivity index (χ0) is 23.5. The fourth-order valence-electron chi connectivity index (χ4n) is 3.89. The summed E-state index contributed by atoms with van der Waals surface area (Å²) in [5.74, 6) is 0.967. The fourth-order valence-corrected chi connectivity index (χ4v) is 3.99. The number of rotatable bonds is 6. The molecule has 12 heteroatoms. The lowest BCUT2D eigenvalue weighted by Crippen LogP contribution is -2.55. The number of piperidine rings is 1. The molecular weight excluding hydrogens is 449 g/mol. The number of aliphatic imine (C=N–C) groups is 1. The highest BCUT2D eigenvalue weighted by atomic mass is 35.5. The number of carbonyl (C=O) groups excluding carboxylic acids is 1. The van der Waals surface area contributed by atoms with Crippen LogP contribution in [0.25, 0.3) is 0 Å². The highest BCUT2D eigenvalue weighted by Crippen LogP contribution is 2.34. The van der Waals surface area contributed by atoms with E-state index in [4.69, 9.17) is 11.6 Å². The van der Waals surface area contributed by atoms with Crippen molar-refractivity contribution in [1.82, 2.24) is 24.8 Å². The van der Waals surface area contributed by atoms with E-state index in [0.717, 1.165) is 12.8 Å². The zero-order valence-corrected chi connectivity index (χ0v) is 19.2. The Morgan fingerprint density at radius 3 is 2.39 bits per heavy atom. The normalized spacial score (nSPS) is 21.0. The third kappa shape index (κ3) is 4.92. The molecule has 1 amide bonds. The summed E-state index contributed by atoms with van der Waals surface area (Å²) >= 11 is 5.85. The first-order valence-corrected chi connectivity index (χ1v) is 11.0. The average molecular weight is 474 g/mol. The van der Waals surface area contributed by atoms with Crippen LogP contribution in [-0.4, -0.2) is 81.7 Å². The van der Waals surface area contributed by atoms with Crippen LogP contribution in [0.2, 0.25) is 5.02 Å². The van der Waals surface area contributed by atoms with Gasteiger partial charge in [-0.1, -0.05) is 11.6 Å². The van der Waals surface area contributed by atoms with E-state index in [2.05, 4.69) is 36.7 Å². The molecule has 1 saturated heterocycles. The van der Waals surface area contributed by atoms with Crippen molar-refractivity contribution in [2.24, 2.45) is 10.1 Å². The number of hydrazone groups is 1. The largest absolute Gasteiger partial charge is 0.338 e. The van der Waals surface area contributed by atoms with Crippen molar-refractivity contribution < 1.29 is 9.18 Å². The Kier molecular flexibility index (Phi) is 6.77. The first-order valence-electron chi connectivity index (χ1n) is 10.6. The van der Waals surface area contributed by atoms with Gasteiger partial charge in [0.05, 0.1) is 35.6 Å². The predicted molar refractivity (Wildman–Crippen MR) is 125 cm³/mol. The molecule has 4 rings (SSSR count). The van der Waals surface area contributed by atoms with Crippen molar-refractivity contribution in [2.45, 2.75) is 44.4 Å². The van der Waals surface area contributed by atoms with Gasteiger partial charge >= 0.3 is 0 Å². The standard InChI is InChI=1S/C21H25ClFN9O/c1-13(24-2)32(25-3)21-26-8-14(9-27-21)19(33)31(16-4-5-16)18-6-7-30(12-17(18)23)20-28-10-15(22)11-29-20/h8-11,16-18H,3-7,12H2,1-2H3/t17-,18+/m0/s1. The van der Waals surface area contributed by atoms with Gasteiger partial charge in [-0.2, -0.15) is 10.1 Å². The molecule has 0 N–H and O–H groups in total. The van der Waals surface area contributed by atoms with E-state index in [0.29, 0.717) is 35.3 Å². The van der Waals surface area contributed by atoms with Crippen LogP contribution >= 0.6 is 11.6 Å². The molecule has 2 aromatic rings. The fraction of sp³-hybridized carbons (Fsp3) is 0.476. The molecule has 1 aliphatic carbocycles. The van der Waals surface area contributed by atoms with Crippen molar-refractivity contribution in [3.63, 3.8) is 0 Å². The van der Waals surface area contributed by atoms with Crippen molar-refractivity contribution in [2.75, 3.05) is 30.0 Å². The number of carbonyl (C=O) groups is 1. The molecule has 1 aliphatic heterocycles. The molecule has 2 atom stereocenters. The molecule has 0 radical (unpaired) electrons. The maximum Gasteiger partial charge on any atom is 0.257 e. The van der Waals surface area contributed by atoms with Gasteiger partial charge in [0.25, 0.3) is 11.9 Å². The van der Waals surface area contributed by atoms with E-state index < -0.39 is 12.2 Å². The van der Waals surface area contributed by atoms with Gasteiger partial charge < -0.3 is 9.80 Å². The van der Waals surface area contributed by atoms with Crippen LogP contribution in [0.3, 0.4) is 0 Å². The molecule has 33 heavy (non-hydrogen) atoms. The van der Waals surface area contributed by atoms with Crippen molar-refractivity contribution in [3.05, 3.63) is 35.4 Å². The van der Waals surface area contributed by atoms with E-state index in [9.17, 15) is 4.79 Å². The van der Waals surface area contributed by atoms with Gasteiger partial charge in [0.2, 0.25) is 5.95 Å². The molecule has 2 aliphatic rings. The van der Waals surface area contributed by atoms with Gasteiger partial charge in [0.1, 0.15) is 12.0 Å². The Morgan fingerprint density at radius 1 is 1.18 bits per heavy atom. The minimum Gasteiger partial charge on any atom is -0.338 e. The zero-order valence-electron chi connectivity index (χ0n) is 18.5. The quantitative estimate of drug-likeness (QED) is 0.361. The lowest BCUT2D eigenvalue weighted by molar-refractivity contribution is 0.0485. The molecule has 2 fully saturated rings. The summed E-state index contributed by atoms with van der Waals surface area (Å²) in [4.78, 5) is 37.7. The van der Waals surface area contributed by atoms with Crippen LogP contribution in [-0.2, 0) is 0 Å². The Hall–Kier alpha value is -3.21. The number of alkyl halides is 1. The monoisotopic (exact) mass is 473 g/mol. The Morgan fingerprint density at radius 2 is 1.85 bits per heavy atom. The first kappa shape index (κ1) is 23.0. The SMILES string of the molecule is C=NN(C(C)=NC)c1ncc(C(=O)N(C2CC2)[C@@H]2CCN(c3ncc(Cl)cn3)C[C@@H]2F)cn1. The second-order valence-electron chi connectivity index (χ2n) is 7.96. The lowest BCUT2D eigenvalue weighted by Gasteiger charge is -2.41. The molecule has 0 aromatic carbocycles. The molecule has 2 aromatic heterocycles. The summed E-state index contributed by atoms with van der Waals surface area (Å²) in [5, 5.41) is 5.66. The topological polar surface area (TPSA) is 103 Å². The van der Waals surface area contributed by atoms with Crippen LogP contribution in [0.15, 0.2) is 34.9 Å². The minimum atomic E-state index is -1.24. The van der Waals surface area contributed by atoms with Gasteiger partial charge in [-0.25, -0.2) is 24.3 Å². The number of hydrogen-bond donors (Lipinski definition) is 0. The summed E-state index contributed by atoms with van der Waals surface area (Å²) in [7, 11) is 1.62. The van der Waals surface area contributed by atoms with E-state index in [1.54, 1.807) is 23.8 Å². The van der Waals surface area contributed by atoms with E-state index >= 15 is 4.39 Å². The molecule has 3 heterocycles. The molecule has 0 unspecified atom stereocenters. The summed E-state index contributed by atoms with van der Waals surface area (Å²) in [6.07, 6.45) is 6.79. The van der Waals surface area contributed by atoms with E-state index in [-0.39, 0.29) is 24.4 Å². The molecule has 0 bridgehead atoms. The number of halogens is 2. The van der Waals surface area contributed by atoms with Crippen LogP contribution in [0.1, 0.15) is 36.5 Å². The first-order chi connectivity index (χ1) is 15.9. The Labute approximate surface area is 196 Å². The van der Waals surface area contributed by atoms with Crippen LogP contribution in [0.4, 0.5) is 16.3 Å². The summed E-state index contributed by atoms with van der Waals surface area (Å²) in [6.45, 7) is 5.89. The predicted octanol–water partition coefficient (Wildman–Crippen LogP) is 2.61. The molecule has 174 valence electrons. The van der Waals surface area contributed by atoms with Crippen molar-refractivity contribution >= 4 is 42.0 Å². The number of aromatic nitrogens is 4. The number of hydrogen-bond acceptors (Lipinski definition) is 8. The van der Waals surface area contributed by atoms with Gasteiger partial charge in [0, 0.05) is 38.7 Å². The van der Waals surface area contributed by atoms with Crippen LogP contribution in [0, 0.1) is 0 Å². The second kappa shape index (κ2) is 9.74. The Bertz CT molecular complexity index is 1030. The van der Waals surface area contributed by atoms with Gasteiger partial charge in [-0.15, -0.1) is 0 Å². The van der Waals surface area contributed by atoms with Gasteiger partial charge in [-0.05, 0) is 26.2 Å². The van der Waals surface area contributed by atoms with Crippen LogP contribution < -0.4 is 9.91 Å². The maximum absolute atomic E-state index is 15.3. The number of amides is 1. The smallest absolute Gasteiger partial charge is 0.257 e. The maximum atomic E-state index is 15.3. The number of anilines is 2. The third-order valence-electron chi connectivity index (χ3n) is 5.77. The highest BCUT2D eigenvalue weighted by Gasteiger charge is 2.43. The van der Waals surface area contributed by atoms with Crippen molar-refractivity contribution in [1.29, 1.82) is 0 Å². The molecular formula is C21H25ClFN9O.